The number of aromatic nitrogens is 1. The molecule has 4 nitrogen and oxygen atoms in total. The number of hydrogen-bond donors (Lipinski definition) is 2. The van der Waals surface area contributed by atoms with Gasteiger partial charge in [0.25, 0.3) is 0 Å². The molecule has 1 amide bonds. The van der Waals surface area contributed by atoms with E-state index in [9.17, 15) is 4.79 Å². The van der Waals surface area contributed by atoms with Gasteiger partial charge in [0, 0.05) is 18.0 Å². The summed E-state index contributed by atoms with van der Waals surface area (Å²) in [5.74, 6) is 1.19. The van der Waals surface area contributed by atoms with E-state index in [4.69, 9.17) is 0 Å². The molecule has 0 spiro atoms. The van der Waals surface area contributed by atoms with Crippen LogP contribution in [0.2, 0.25) is 0 Å². The lowest BCUT2D eigenvalue weighted by Crippen LogP contribution is -2.44. The molecule has 2 rings (SSSR count). The first-order chi connectivity index (χ1) is 10.0. The standard InChI is InChI=1S/C16H27N3OS.2ClH/c1-4-16(3,15-18-8-9-21-15)19-14(20)10-12(2)13-6-5-7-17-11-13;;/h8-9,12-13,17H,4-7,10-11H2,1-3H3,(H,19,20);2*1H. The van der Waals surface area contributed by atoms with Crippen molar-refractivity contribution in [2.24, 2.45) is 11.8 Å². The van der Waals surface area contributed by atoms with Gasteiger partial charge in [-0.1, -0.05) is 13.8 Å². The van der Waals surface area contributed by atoms with E-state index in [0.29, 0.717) is 18.3 Å². The van der Waals surface area contributed by atoms with Crippen molar-refractivity contribution in [3.8, 4) is 0 Å². The summed E-state index contributed by atoms with van der Waals surface area (Å²) in [7, 11) is 0. The maximum absolute atomic E-state index is 12.4. The minimum Gasteiger partial charge on any atom is -0.344 e. The molecule has 3 atom stereocenters. The molecule has 7 heteroatoms. The lowest BCUT2D eigenvalue weighted by molar-refractivity contribution is -0.124. The molecule has 1 aromatic rings. The fourth-order valence-corrected chi connectivity index (χ4v) is 3.80. The Balaban J connectivity index is 0.00000242. The lowest BCUT2D eigenvalue weighted by Gasteiger charge is -2.31. The molecule has 0 aromatic carbocycles. The highest BCUT2D eigenvalue weighted by Gasteiger charge is 2.30. The van der Waals surface area contributed by atoms with Gasteiger partial charge in [0.1, 0.15) is 5.01 Å². The van der Waals surface area contributed by atoms with Crippen molar-refractivity contribution in [1.82, 2.24) is 15.6 Å². The zero-order chi connectivity index (χ0) is 15.3. The molecule has 1 aromatic heterocycles. The van der Waals surface area contributed by atoms with E-state index in [0.717, 1.165) is 24.5 Å². The third kappa shape index (κ3) is 6.22. The Kier molecular flexibility index (Phi) is 10.3. The van der Waals surface area contributed by atoms with Crippen LogP contribution in [-0.2, 0) is 10.3 Å². The summed E-state index contributed by atoms with van der Waals surface area (Å²) >= 11 is 1.61. The zero-order valence-corrected chi connectivity index (χ0v) is 16.6. The van der Waals surface area contributed by atoms with Gasteiger partial charge in [-0.25, -0.2) is 4.98 Å². The first kappa shape index (κ1) is 22.6. The molecule has 1 fully saturated rings. The molecule has 0 bridgehead atoms. The third-order valence-electron chi connectivity index (χ3n) is 4.67. The second-order valence-electron chi connectivity index (χ2n) is 6.36. The second-order valence-corrected chi connectivity index (χ2v) is 7.25. The lowest BCUT2D eigenvalue weighted by atomic mass is 9.85. The molecule has 1 aliphatic heterocycles. The maximum Gasteiger partial charge on any atom is 0.221 e. The normalized spacial score (nSPS) is 21.3. The molecule has 2 N–H and O–H groups in total. The molecular formula is C16H29Cl2N3OS. The van der Waals surface area contributed by atoms with Crippen molar-refractivity contribution >= 4 is 42.1 Å². The highest BCUT2D eigenvalue weighted by molar-refractivity contribution is 7.09. The van der Waals surface area contributed by atoms with Gasteiger partial charge in [0.2, 0.25) is 5.91 Å². The minimum atomic E-state index is -0.338. The van der Waals surface area contributed by atoms with Gasteiger partial charge >= 0.3 is 0 Å². The SMILES string of the molecule is CCC(C)(NC(=O)CC(C)C1CCCNC1)c1nccs1.Cl.Cl. The fraction of sp³-hybridized carbons (Fsp3) is 0.750. The van der Waals surface area contributed by atoms with Crippen LogP contribution >= 0.6 is 36.2 Å². The Morgan fingerprint density at radius 3 is 2.83 bits per heavy atom. The van der Waals surface area contributed by atoms with Crippen molar-refractivity contribution in [2.75, 3.05) is 13.1 Å². The van der Waals surface area contributed by atoms with Gasteiger partial charge in [0.15, 0.2) is 0 Å². The van der Waals surface area contributed by atoms with E-state index >= 15 is 0 Å². The Morgan fingerprint density at radius 1 is 1.57 bits per heavy atom. The first-order valence-corrected chi connectivity index (χ1v) is 8.85. The number of halogens is 2. The predicted molar refractivity (Wildman–Crippen MR) is 102 cm³/mol. The number of rotatable bonds is 6. The van der Waals surface area contributed by atoms with E-state index < -0.39 is 0 Å². The number of nitrogens with one attached hydrogen (secondary N) is 2. The zero-order valence-electron chi connectivity index (χ0n) is 14.1. The Bertz CT molecular complexity index is 452. The number of carbonyl (C=O) groups is 1. The van der Waals surface area contributed by atoms with Gasteiger partial charge in [-0.05, 0) is 51.1 Å². The number of thiazole rings is 1. The second kappa shape index (κ2) is 10.5. The molecule has 1 aliphatic rings. The first-order valence-electron chi connectivity index (χ1n) is 7.97. The highest BCUT2D eigenvalue weighted by atomic mass is 35.5. The van der Waals surface area contributed by atoms with Crippen molar-refractivity contribution in [3.05, 3.63) is 16.6 Å². The number of hydrogen-bond acceptors (Lipinski definition) is 4. The smallest absolute Gasteiger partial charge is 0.221 e. The monoisotopic (exact) mass is 381 g/mol. The third-order valence-corrected chi connectivity index (χ3v) is 5.71. The van der Waals surface area contributed by atoms with E-state index in [1.54, 1.807) is 17.5 Å². The van der Waals surface area contributed by atoms with Crippen LogP contribution in [-0.4, -0.2) is 24.0 Å². The quantitative estimate of drug-likeness (QED) is 0.788. The van der Waals surface area contributed by atoms with Crippen molar-refractivity contribution < 1.29 is 4.79 Å². The van der Waals surface area contributed by atoms with E-state index in [-0.39, 0.29) is 36.3 Å². The van der Waals surface area contributed by atoms with Crippen LogP contribution in [0.15, 0.2) is 11.6 Å². The van der Waals surface area contributed by atoms with Gasteiger partial charge in [-0.3, -0.25) is 4.79 Å². The van der Waals surface area contributed by atoms with E-state index in [2.05, 4.69) is 36.4 Å². The Morgan fingerprint density at radius 2 is 2.30 bits per heavy atom. The fourth-order valence-electron chi connectivity index (χ4n) is 2.97. The molecule has 134 valence electrons. The van der Waals surface area contributed by atoms with Gasteiger partial charge in [-0.15, -0.1) is 36.2 Å². The minimum absolute atomic E-state index is 0. The molecule has 0 radical (unpaired) electrons. The van der Waals surface area contributed by atoms with Crippen molar-refractivity contribution in [1.29, 1.82) is 0 Å². The largest absolute Gasteiger partial charge is 0.344 e. The summed E-state index contributed by atoms with van der Waals surface area (Å²) in [5.41, 5.74) is -0.338. The molecule has 1 saturated heterocycles. The Hall–Kier alpha value is -0.360. The van der Waals surface area contributed by atoms with Crippen molar-refractivity contribution in [3.63, 3.8) is 0 Å². The summed E-state index contributed by atoms with van der Waals surface area (Å²) in [5, 5.41) is 9.59. The molecule has 0 aliphatic carbocycles. The van der Waals surface area contributed by atoms with Crippen LogP contribution in [0.4, 0.5) is 0 Å². The summed E-state index contributed by atoms with van der Waals surface area (Å²) < 4.78 is 0. The molecule has 23 heavy (non-hydrogen) atoms. The van der Waals surface area contributed by atoms with Crippen LogP contribution in [0.1, 0.15) is 51.5 Å². The van der Waals surface area contributed by atoms with Gasteiger partial charge < -0.3 is 10.6 Å². The van der Waals surface area contributed by atoms with Crippen molar-refractivity contribution in [2.45, 2.75) is 52.0 Å². The summed E-state index contributed by atoms with van der Waals surface area (Å²) in [6.45, 7) is 8.52. The van der Waals surface area contributed by atoms with Gasteiger partial charge in [-0.2, -0.15) is 0 Å². The van der Waals surface area contributed by atoms with Crippen LogP contribution in [0.3, 0.4) is 0 Å². The maximum atomic E-state index is 12.4. The molecular weight excluding hydrogens is 353 g/mol. The summed E-state index contributed by atoms with van der Waals surface area (Å²) in [4.78, 5) is 16.8. The molecule has 3 unspecified atom stereocenters. The number of carbonyl (C=O) groups excluding carboxylic acids is 1. The average Bonchev–Trinajstić information content (AvgIpc) is 3.02. The highest BCUT2D eigenvalue weighted by Crippen LogP contribution is 2.27. The Labute approximate surface area is 156 Å². The predicted octanol–water partition coefficient (Wildman–Crippen LogP) is 3.75. The van der Waals surface area contributed by atoms with E-state index in [1.165, 1.54) is 12.8 Å². The number of amides is 1. The average molecular weight is 382 g/mol. The van der Waals surface area contributed by atoms with Crippen LogP contribution < -0.4 is 10.6 Å². The van der Waals surface area contributed by atoms with Crippen LogP contribution in [0.5, 0.6) is 0 Å². The van der Waals surface area contributed by atoms with Crippen LogP contribution in [0, 0.1) is 11.8 Å². The number of nitrogens with zero attached hydrogens (tertiary/aromatic N) is 1. The number of piperidine rings is 1. The summed E-state index contributed by atoms with van der Waals surface area (Å²) in [6, 6.07) is 0. The topological polar surface area (TPSA) is 54.0 Å². The van der Waals surface area contributed by atoms with Crippen LogP contribution in [0.25, 0.3) is 0 Å². The molecule has 0 saturated carbocycles. The van der Waals surface area contributed by atoms with E-state index in [1.807, 2.05) is 5.38 Å². The van der Waals surface area contributed by atoms with Gasteiger partial charge in [0.05, 0.1) is 5.54 Å². The molecule has 2 heterocycles. The summed E-state index contributed by atoms with van der Waals surface area (Å²) in [6.07, 6.45) is 5.72.